The summed E-state index contributed by atoms with van der Waals surface area (Å²) in [4.78, 5) is 19.0. The van der Waals surface area contributed by atoms with Crippen LogP contribution in [-0.2, 0) is 0 Å². The van der Waals surface area contributed by atoms with Crippen LogP contribution in [-0.4, -0.2) is 36.0 Å². The van der Waals surface area contributed by atoms with Gasteiger partial charge in [-0.25, -0.2) is 13.8 Å². The van der Waals surface area contributed by atoms with Gasteiger partial charge in [0.1, 0.15) is 27.6 Å². The summed E-state index contributed by atoms with van der Waals surface area (Å²) in [6, 6.07) is 10.8. The predicted octanol–water partition coefficient (Wildman–Crippen LogP) is 6.44. The molecule has 172 valence electrons. The molecule has 0 spiro atoms. The Morgan fingerprint density at radius 1 is 1.12 bits per heavy atom. The number of ether oxygens (including phenoxy) is 1. The molecule has 4 rings (SSSR count). The van der Waals surface area contributed by atoms with Crippen LogP contribution >= 0.6 is 23.2 Å². The highest BCUT2D eigenvalue weighted by Gasteiger charge is 2.28. The van der Waals surface area contributed by atoms with Gasteiger partial charge in [-0.3, -0.25) is 4.79 Å². The third-order valence-electron chi connectivity index (χ3n) is 5.77. The number of piperidine rings is 1. The molecule has 1 aliphatic heterocycles. The molecule has 9 heteroatoms. The van der Waals surface area contributed by atoms with Crippen molar-refractivity contribution < 1.29 is 18.3 Å². The predicted molar refractivity (Wildman–Crippen MR) is 125 cm³/mol. The Morgan fingerprint density at radius 3 is 2.45 bits per heavy atom. The monoisotopic (exact) mass is 491 g/mol. The average Bonchev–Trinajstić information content (AvgIpc) is 2.83. The van der Waals surface area contributed by atoms with Crippen LogP contribution in [0.5, 0.6) is 5.75 Å². The van der Waals surface area contributed by atoms with E-state index in [2.05, 4.69) is 10.3 Å². The number of rotatable bonds is 5. The van der Waals surface area contributed by atoms with Crippen molar-refractivity contribution in [3.63, 3.8) is 0 Å². The number of halogens is 4. The number of aromatic nitrogens is 1. The van der Waals surface area contributed by atoms with Gasteiger partial charge in [-0.2, -0.15) is 0 Å². The molecule has 3 aromatic rings. The topological polar surface area (TPSA) is 54.5 Å². The molecule has 0 radical (unpaired) electrons. The number of anilines is 2. The lowest BCUT2D eigenvalue weighted by Gasteiger charge is -2.32. The summed E-state index contributed by atoms with van der Waals surface area (Å²) in [5, 5.41) is 2.92. The van der Waals surface area contributed by atoms with E-state index >= 15 is 0 Å². The fraction of sp³-hybridized carbons (Fsp3) is 0.250. The minimum absolute atomic E-state index is 0.000320. The Balaban J connectivity index is 1.55. The molecule has 5 nitrogen and oxygen atoms in total. The smallest absolute Gasteiger partial charge is 0.257 e. The number of pyridine rings is 1. The van der Waals surface area contributed by atoms with Crippen LogP contribution < -0.4 is 10.1 Å². The Kier molecular flexibility index (Phi) is 7.00. The highest BCUT2D eigenvalue weighted by Crippen LogP contribution is 2.36. The normalized spacial score (nSPS) is 14.3. The first kappa shape index (κ1) is 23.3. The molecule has 1 fully saturated rings. The van der Waals surface area contributed by atoms with Crippen LogP contribution in [0.4, 0.5) is 20.2 Å². The first-order valence-electron chi connectivity index (χ1n) is 10.4. The lowest BCUT2D eigenvalue weighted by molar-refractivity contribution is 0.0713. The fourth-order valence-corrected chi connectivity index (χ4v) is 4.27. The minimum atomic E-state index is -0.572. The standard InChI is InChI=1S/C24H21Cl2F2N3O2/c1-33-17-6-7-20(19(28)12-17)30-22-18(13-29-23(26)21(22)25)24(32)31-10-8-15(9-11-31)14-2-4-16(27)5-3-14/h2-7,12-13,15H,8-11H2,1H3,(H,29,30). The van der Waals surface area contributed by atoms with E-state index in [0.717, 1.165) is 18.4 Å². The van der Waals surface area contributed by atoms with E-state index in [4.69, 9.17) is 27.9 Å². The maximum atomic E-state index is 14.5. The molecule has 2 aromatic carbocycles. The van der Waals surface area contributed by atoms with Gasteiger partial charge in [-0.15, -0.1) is 0 Å². The highest BCUT2D eigenvalue weighted by molar-refractivity contribution is 6.43. The number of methoxy groups -OCH3 is 1. The minimum Gasteiger partial charge on any atom is -0.497 e. The summed E-state index contributed by atoms with van der Waals surface area (Å²) >= 11 is 12.4. The van der Waals surface area contributed by atoms with Gasteiger partial charge in [0.05, 0.1) is 24.0 Å². The number of likely N-dealkylation sites (tertiary alicyclic amines) is 1. The van der Waals surface area contributed by atoms with E-state index < -0.39 is 5.82 Å². The van der Waals surface area contributed by atoms with Crippen molar-refractivity contribution in [2.45, 2.75) is 18.8 Å². The second-order valence-corrected chi connectivity index (χ2v) is 8.48. The quantitative estimate of drug-likeness (QED) is 0.417. The number of nitrogens with zero attached hydrogens (tertiary/aromatic N) is 2. The number of hydrogen-bond donors (Lipinski definition) is 1. The molecule has 0 bridgehead atoms. The molecule has 0 unspecified atom stereocenters. The number of hydrogen-bond acceptors (Lipinski definition) is 4. The van der Waals surface area contributed by atoms with Gasteiger partial charge >= 0.3 is 0 Å². The molecule has 0 aliphatic carbocycles. The van der Waals surface area contributed by atoms with Gasteiger partial charge in [0.15, 0.2) is 0 Å². The molecule has 1 aromatic heterocycles. The number of benzene rings is 2. The Morgan fingerprint density at radius 2 is 1.82 bits per heavy atom. The third kappa shape index (κ3) is 5.04. The zero-order valence-corrected chi connectivity index (χ0v) is 19.3. The largest absolute Gasteiger partial charge is 0.497 e. The first-order valence-corrected chi connectivity index (χ1v) is 11.1. The summed E-state index contributed by atoms with van der Waals surface area (Å²) in [5.74, 6) is -0.525. The van der Waals surface area contributed by atoms with Crippen molar-refractivity contribution in [3.8, 4) is 5.75 Å². The molecule has 0 saturated carbocycles. The van der Waals surface area contributed by atoms with Crippen LogP contribution in [0.25, 0.3) is 0 Å². The van der Waals surface area contributed by atoms with Crippen LogP contribution in [0.3, 0.4) is 0 Å². The van der Waals surface area contributed by atoms with E-state index in [-0.39, 0.29) is 44.8 Å². The van der Waals surface area contributed by atoms with Crippen molar-refractivity contribution in [2.24, 2.45) is 0 Å². The number of carbonyl (C=O) groups excluding carboxylic acids is 1. The van der Waals surface area contributed by atoms with E-state index in [0.29, 0.717) is 18.8 Å². The summed E-state index contributed by atoms with van der Waals surface area (Å²) in [5.41, 5.74) is 1.55. The van der Waals surface area contributed by atoms with Crippen LogP contribution in [0.1, 0.15) is 34.7 Å². The molecular formula is C24H21Cl2F2N3O2. The summed E-state index contributed by atoms with van der Waals surface area (Å²) in [6.07, 6.45) is 2.82. The molecule has 1 amide bonds. The first-order chi connectivity index (χ1) is 15.9. The number of nitrogens with one attached hydrogen (secondary N) is 1. The van der Waals surface area contributed by atoms with E-state index in [1.54, 1.807) is 23.1 Å². The van der Waals surface area contributed by atoms with Crippen molar-refractivity contribution in [3.05, 3.63) is 81.6 Å². The molecule has 1 aliphatic rings. The molecule has 33 heavy (non-hydrogen) atoms. The van der Waals surface area contributed by atoms with Crippen LogP contribution in [0.2, 0.25) is 10.2 Å². The molecule has 1 saturated heterocycles. The highest BCUT2D eigenvalue weighted by atomic mass is 35.5. The Bertz CT molecular complexity index is 1170. The van der Waals surface area contributed by atoms with E-state index in [1.807, 2.05) is 0 Å². The summed E-state index contributed by atoms with van der Waals surface area (Å²) in [7, 11) is 1.44. The average molecular weight is 492 g/mol. The zero-order valence-electron chi connectivity index (χ0n) is 17.7. The second-order valence-electron chi connectivity index (χ2n) is 7.74. The van der Waals surface area contributed by atoms with Gasteiger partial charge in [0, 0.05) is 25.4 Å². The van der Waals surface area contributed by atoms with Crippen LogP contribution in [0.15, 0.2) is 48.7 Å². The molecule has 2 heterocycles. The molecule has 1 N–H and O–H groups in total. The van der Waals surface area contributed by atoms with Crippen molar-refractivity contribution in [1.29, 1.82) is 0 Å². The lowest BCUT2D eigenvalue weighted by atomic mass is 9.89. The van der Waals surface area contributed by atoms with Crippen molar-refractivity contribution in [1.82, 2.24) is 9.88 Å². The van der Waals surface area contributed by atoms with Gasteiger partial charge in [0.25, 0.3) is 5.91 Å². The van der Waals surface area contributed by atoms with Crippen LogP contribution in [0, 0.1) is 11.6 Å². The summed E-state index contributed by atoms with van der Waals surface area (Å²) in [6.45, 7) is 1.02. The van der Waals surface area contributed by atoms with Gasteiger partial charge in [-0.05, 0) is 48.6 Å². The van der Waals surface area contributed by atoms with E-state index in [1.165, 1.54) is 37.6 Å². The maximum absolute atomic E-state index is 14.5. The fourth-order valence-electron chi connectivity index (χ4n) is 3.93. The van der Waals surface area contributed by atoms with Crippen molar-refractivity contribution >= 4 is 40.5 Å². The third-order valence-corrected chi connectivity index (χ3v) is 6.52. The number of carbonyl (C=O) groups is 1. The Labute approximate surface area is 200 Å². The SMILES string of the molecule is COc1ccc(Nc2c(C(=O)N3CCC(c4ccc(F)cc4)CC3)cnc(Cl)c2Cl)c(F)c1. The second kappa shape index (κ2) is 9.93. The van der Waals surface area contributed by atoms with Gasteiger partial charge < -0.3 is 15.0 Å². The maximum Gasteiger partial charge on any atom is 0.257 e. The number of amides is 1. The Hall–Kier alpha value is -2.90. The lowest BCUT2D eigenvalue weighted by Crippen LogP contribution is -2.38. The van der Waals surface area contributed by atoms with Gasteiger partial charge in [0.2, 0.25) is 0 Å². The van der Waals surface area contributed by atoms with Crippen molar-refractivity contribution in [2.75, 3.05) is 25.5 Å². The molecular weight excluding hydrogens is 471 g/mol. The van der Waals surface area contributed by atoms with Gasteiger partial charge in [-0.1, -0.05) is 35.3 Å². The van der Waals surface area contributed by atoms with E-state index in [9.17, 15) is 13.6 Å². The molecule has 0 atom stereocenters. The summed E-state index contributed by atoms with van der Waals surface area (Å²) < 4.78 is 32.8. The zero-order chi connectivity index (χ0) is 23.5.